The Balaban J connectivity index is 2.19. The van der Waals surface area contributed by atoms with E-state index in [2.05, 4.69) is 0 Å². The van der Waals surface area contributed by atoms with Crippen LogP contribution in [0.3, 0.4) is 0 Å². The van der Waals surface area contributed by atoms with Crippen molar-refractivity contribution < 1.29 is 14.3 Å². The number of carbonyl (C=O) groups is 1. The lowest BCUT2D eigenvalue weighted by molar-refractivity contribution is 0.0733. The van der Waals surface area contributed by atoms with Crippen LogP contribution in [0.5, 0.6) is 11.5 Å². The molecule has 0 aliphatic heterocycles. The van der Waals surface area contributed by atoms with Gasteiger partial charge in [-0.05, 0) is 56.2 Å². The van der Waals surface area contributed by atoms with E-state index in [1.807, 2.05) is 45.0 Å². The number of aryl methyl sites for hydroxylation is 2. The zero-order chi connectivity index (χ0) is 14.5. The smallest absolute Gasteiger partial charge is 0.343 e. The summed E-state index contributed by atoms with van der Waals surface area (Å²) < 4.78 is 10.8. The number of esters is 1. The monoisotopic (exact) mass is 270 g/mol. The van der Waals surface area contributed by atoms with Crippen LogP contribution in [0.25, 0.3) is 0 Å². The lowest BCUT2D eigenvalue weighted by Gasteiger charge is -2.09. The lowest BCUT2D eigenvalue weighted by Crippen LogP contribution is -2.09. The summed E-state index contributed by atoms with van der Waals surface area (Å²) in [6, 6.07) is 12.8. The van der Waals surface area contributed by atoms with Crippen LogP contribution in [0, 0.1) is 13.8 Å². The summed E-state index contributed by atoms with van der Waals surface area (Å²) in [6.07, 6.45) is 0. The maximum absolute atomic E-state index is 12.2. The summed E-state index contributed by atoms with van der Waals surface area (Å²) in [6.45, 7) is 6.35. The molecule has 0 aliphatic rings. The number of ether oxygens (including phenoxy) is 2. The van der Waals surface area contributed by atoms with E-state index in [1.54, 1.807) is 18.2 Å². The van der Waals surface area contributed by atoms with Crippen LogP contribution in [0.1, 0.15) is 28.4 Å². The van der Waals surface area contributed by atoms with Crippen LogP contribution < -0.4 is 9.47 Å². The van der Waals surface area contributed by atoms with Gasteiger partial charge in [-0.2, -0.15) is 0 Å². The molecular weight excluding hydrogens is 252 g/mol. The average molecular weight is 270 g/mol. The van der Waals surface area contributed by atoms with Crippen LogP contribution in [-0.2, 0) is 0 Å². The highest BCUT2D eigenvalue weighted by atomic mass is 16.5. The van der Waals surface area contributed by atoms with Gasteiger partial charge in [0, 0.05) is 0 Å². The van der Waals surface area contributed by atoms with Gasteiger partial charge < -0.3 is 9.47 Å². The molecule has 0 heterocycles. The number of carbonyl (C=O) groups excluding carboxylic acids is 1. The van der Waals surface area contributed by atoms with Crippen LogP contribution >= 0.6 is 0 Å². The molecule has 0 amide bonds. The molecule has 2 aromatic carbocycles. The van der Waals surface area contributed by atoms with E-state index in [-0.39, 0.29) is 5.97 Å². The van der Waals surface area contributed by atoms with E-state index in [1.165, 1.54) is 0 Å². The largest absolute Gasteiger partial charge is 0.494 e. The molecule has 0 unspecified atom stereocenters. The van der Waals surface area contributed by atoms with Gasteiger partial charge in [-0.15, -0.1) is 0 Å². The van der Waals surface area contributed by atoms with E-state index in [0.29, 0.717) is 23.7 Å². The quantitative estimate of drug-likeness (QED) is 0.624. The number of rotatable bonds is 4. The maximum Gasteiger partial charge on any atom is 0.343 e. The summed E-state index contributed by atoms with van der Waals surface area (Å²) >= 11 is 0. The van der Waals surface area contributed by atoms with Gasteiger partial charge in [-0.3, -0.25) is 0 Å². The molecule has 2 aromatic rings. The van der Waals surface area contributed by atoms with Gasteiger partial charge in [-0.25, -0.2) is 4.79 Å². The Labute approximate surface area is 119 Å². The minimum atomic E-state index is -0.375. The topological polar surface area (TPSA) is 35.5 Å². The fourth-order valence-corrected chi connectivity index (χ4v) is 1.86. The number of benzene rings is 2. The number of hydrogen-bond acceptors (Lipinski definition) is 3. The van der Waals surface area contributed by atoms with Gasteiger partial charge in [-0.1, -0.05) is 18.2 Å². The van der Waals surface area contributed by atoms with Crippen LogP contribution in [0.2, 0.25) is 0 Å². The van der Waals surface area contributed by atoms with Gasteiger partial charge in [0.05, 0.1) is 12.2 Å². The standard InChI is InChI=1S/C17H18O3/c1-4-19-15-7-5-6-14(11-15)17(18)20-16-10-12(2)8-9-13(16)3/h5-11H,4H2,1-3H3. The summed E-state index contributed by atoms with van der Waals surface area (Å²) in [7, 11) is 0. The van der Waals surface area contributed by atoms with Crippen LogP contribution in [0.4, 0.5) is 0 Å². The molecule has 2 rings (SSSR count). The molecule has 0 saturated heterocycles. The SMILES string of the molecule is CCOc1cccc(C(=O)Oc2cc(C)ccc2C)c1. The fraction of sp³-hybridized carbons (Fsp3) is 0.235. The minimum absolute atomic E-state index is 0.375. The van der Waals surface area contributed by atoms with E-state index in [4.69, 9.17) is 9.47 Å². The van der Waals surface area contributed by atoms with E-state index >= 15 is 0 Å². The molecule has 0 fully saturated rings. The second-order valence-electron chi connectivity index (χ2n) is 4.62. The highest BCUT2D eigenvalue weighted by molar-refractivity contribution is 5.91. The van der Waals surface area contributed by atoms with Crippen LogP contribution in [-0.4, -0.2) is 12.6 Å². The Hall–Kier alpha value is -2.29. The highest BCUT2D eigenvalue weighted by Crippen LogP contribution is 2.21. The van der Waals surface area contributed by atoms with Gasteiger partial charge in [0.1, 0.15) is 11.5 Å². The first-order chi connectivity index (χ1) is 9.60. The van der Waals surface area contributed by atoms with Gasteiger partial charge >= 0.3 is 5.97 Å². The van der Waals surface area contributed by atoms with Crippen molar-refractivity contribution in [2.75, 3.05) is 6.61 Å². The molecular formula is C17H18O3. The fourth-order valence-electron chi connectivity index (χ4n) is 1.86. The van der Waals surface area contributed by atoms with E-state index < -0.39 is 0 Å². The first kappa shape index (κ1) is 14.1. The molecule has 0 atom stereocenters. The maximum atomic E-state index is 12.2. The first-order valence-electron chi connectivity index (χ1n) is 6.62. The third-order valence-electron chi connectivity index (χ3n) is 2.93. The third-order valence-corrected chi connectivity index (χ3v) is 2.93. The second kappa shape index (κ2) is 6.24. The van der Waals surface area contributed by atoms with Crippen molar-refractivity contribution in [2.45, 2.75) is 20.8 Å². The van der Waals surface area contributed by atoms with E-state index in [0.717, 1.165) is 11.1 Å². The molecule has 20 heavy (non-hydrogen) atoms. The Morgan fingerprint density at radius 2 is 1.90 bits per heavy atom. The molecule has 0 saturated carbocycles. The molecule has 0 aliphatic carbocycles. The molecule has 0 radical (unpaired) electrons. The summed E-state index contributed by atoms with van der Waals surface area (Å²) in [4.78, 5) is 12.2. The predicted octanol–water partition coefficient (Wildman–Crippen LogP) is 3.92. The Morgan fingerprint density at radius 1 is 1.10 bits per heavy atom. The molecule has 104 valence electrons. The first-order valence-corrected chi connectivity index (χ1v) is 6.62. The molecule has 0 spiro atoms. The van der Waals surface area contributed by atoms with Crippen molar-refractivity contribution in [3.63, 3.8) is 0 Å². The van der Waals surface area contributed by atoms with Gasteiger partial charge in [0.25, 0.3) is 0 Å². The van der Waals surface area contributed by atoms with Crippen molar-refractivity contribution in [3.8, 4) is 11.5 Å². The van der Waals surface area contributed by atoms with Crippen molar-refractivity contribution in [1.82, 2.24) is 0 Å². The molecule has 0 bridgehead atoms. The summed E-state index contributed by atoms with van der Waals surface area (Å²) in [5.41, 5.74) is 2.48. The van der Waals surface area contributed by atoms with E-state index in [9.17, 15) is 4.79 Å². The zero-order valence-electron chi connectivity index (χ0n) is 12.0. The Bertz CT molecular complexity index is 617. The van der Waals surface area contributed by atoms with Crippen molar-refractivity contribution in [1.29, 1.82) is 0 Å². The van der Waals surface area contributed by atoms with Crippen molar-refractivity contribution in [3.05, 3.63) is 59.2 Å². The number of hydrogen-bond donors (Lipinski definition) is 0. The minimum Gasteiger partial charge on any atom is -0.494 e. The van der Waals surface area contributed by atoms with Crippen molar-refractivity contribution >= 4 is 5.97 Å². The van der Waals surface area contributed by atoms with Gasteiger partial charge in [0.2, 0.25) is 0 Å². The Morgan fingerprint density at radius 3 is 2.65 bits per heavy atom. The summed E-state index contributed by atoms with van der Waals surface area (Å²) in [5, 5.41) is 0. The Kier molecular flexibility index (Phi) is 4.41. The average Bonchev–Trinajstić information content (AvgIpc) is 2.43. The molecule has 3 heteroatoms. The highest BCUT2D eigenvalue weighted by Gasteiger charge is 2.11. The van der Waals surface area contributed by atoms with Crippen LogP contribution in [0.15, 0.2) is 42.5 Å². The third kappa shape index (κ3) is 3.38. The molecule has 3 nitrogen and oxygen atoms in total. The summed E-state index contributed by atoms with van der Waals surface area (Å²) in [5.74, 6) is 0.889. The second-order valence-corrected chi connectivity index (χ2v) is 4.62. The zero-order valence-corrected chi connectivity index (χ0v) is 12.0. The molecule has 0 aromatic heterocycles. The normalized spacial score (nSPS) is 10.2. The van der Waals surface area contributed by atoms with Gasteiger partial charge in [0.15, 0.2) is 0 Å². The molecule has 0 N–H and O–H groups in total. The predicted molar refractivity (Wildman–Crippen MR) is 78.5 cm³/mol. The van der Waals surface area contributed by atoms with Crippen molar-refractivity contribution in [2.24, 2.45) is 0 Å². The lowest BCUT2D eigenvalue weighted by atomic mass is 10.1.